The molecule has 0 amide bonds. The number of aliphatic imine (C=N–C) groups is 1. The summed E-state index contributed by atoms with van der Waals surface area (Å²) >= 11 is 0. The van der Waals surface area contributed by atoms with E-state index in [4.69, 9.17) is 4.74 Å². The third-order valence-corrected chi connectivity index (χ3v) is 3.49. The molecule has 0 aromatic heterocycles. The monoisotopic (exact) mass is 463 g/mol. The van der Waals surface area contributed by atoms with Crippen LogP contribution in [0.25, 0.3) is 0 Å². The second-order valence-electron chi connectivity index (χ2n) is 5.47. The maximum atomic E-state index is 11.0. The summed E-state index contributed by atoms with van der Waals surface area (Å²) in [6.45, 7) is 4.12. The fourth-order valence-corrected chi connectivity index (χ4v) is 2.07. The lowest BCUT2D eigenvalue weighted by atomic mass is 10.2. The summed E-state index contributed by atoms with van der Waals surface area (Å²) in [5, 5.41) is 6.45. The molecular formula is C18H30IN3O3. The van der Waals surface area contributed by atoms with Gasteiger partial charge < -0.3 is 20.1 Å². The van der Waals surface area contributed by atoms with E-state index >= 15 is 0 Å². The molecule has 0 saturated heterocycles. The van der Waals surface area contributed by atoms with Crippen molar-refractivity contribution in [3.8, 4) is 5.75 Å². The fourth-order valence-electron chi connectivity index (χ4n) is 2.07. The molecule has 6 nitrogen and oxygen atoms in total. The molecule has 0 unspecified atom stereocenters. The number of hydrogen-bond acceptors (Lipinski definition) is 4. The number of hydrogen-bond donors (Lipinski definition) is 2. The Hall–Kier alpha value is -1.51. The lowest BCUT2D eigenvalue weighted by Gasteiger charge is -2.12. The minimum Gasteiger partial charge on any atom is -0.492 e. The van der Waals surface area contributed by atoms with Crippen molar-refractivity contribution >= 4 is 35.9 Å². The summed E-state index contributed by atoms with van der Waals surface area (Å²) in [6.07, 6.45) is 3.30. The molecule has 1 aromatic rings. The number of ether oxygens (including phenoxy) is 2. The molecule has 1 rings (SSSR count). The lowest BCUT2D eigenvalue weighted by Crippen LogP contribution is -2.39. The van der Waals surface area contributed by atoms with Crippen LogP contribution in [0, 0.1) is 6.92 Å². The first-order valence-corrected chi connectivity index (χ1v) is 8.36. The van der Waals surface area contributed by atoms with Crippen molar-refractivity contribution in [2.75, 3.05) is 33.9 Å². The second kappa shape index (κ2) is 14.8. The van der Waals surface area contributed by atoms with E-state index in [-0.39, 0.29) is 29.9 Å². The molecule has 142 valence electrons. The molecule has 2 N–H and O–H groups in total. The first kappa shape index (κ1) is 23.5. The van der Waals surface area contributed by atoms with Crippen molar-refractivity contribution in [2.45, 2.75) is 32.6 Å². The van der Waals surface area contributed by atoms with Crippen molar-refractivity contribution in [3.63, 3.8) is 0 Å². The highest BCUT2D eigenvalue weighted by Crippen LogP contribution is 2.10. The summed E-state index contributed by atoms with van der Waals surface area (Å²) in [6, 6.07) is 8.00. The molecule has 0 aliphatic rings. The van der Waals surface area contributed by atoms with Gasteiger partial charge in [0.2, 0.25) is 0 Å². The van der Waals surface area contributed by atoms with E-state index in [1.807, 2.05) is 24.3 Å². The van der Waals surface area contributed by atoms with Gasteiger partial charge in [-0.15, -0.1) is 24.0 Å². The minimum atomic E-state index is -0.144. The summed E-state index contributed by atoms with van der Waals surface area (Å²) < 4.78 is 10.3. The number of benzene rings is 1. The molecule has 25 heavy (non-hydrogen) atoms. The molecule has 0 heterocycles. The number of rotatable bonds is 10. The molecule has 0 saturated carbocycles. The third-order valence-electron chi connectivity index (χ3n) is 3.49. The summed E-state index contributed by atoms with van der Waals surface area (Å²) in [7, 11) is 3.16. The van der Waals surface area contributed by atoms with Crippen LogP contribution in [0.2, 0.25) is 0 Å². The Morgan fingerprint density at radius 3 is 2.40 bits per heavy atom. The van der Waals surface area contributed by atoms with Crippen LogP contribution in [0.4, 0.5) is 0 Å². The average Bonchev–Trinajstić information content (AvgIpc) is 2.60. The molecule has 0 atom stereocenters. The molecular weight excluding hydrogens is 433 g/mol. The van der Waals surface area contributed by atoms with E-state index in [0.29, 0.717) is 19.6 Å². The summed E-state index contributed by atoms with van der Waals surface area (Å²) in [5.41, 5.74) is 1.22. The van der Waals surface area contributed by atoms with Crippen molar-refractivity contribution < 1.29 is 14.3 Å². The highest BCUT2D eigenvalue weighted by molar-refractivity contribution is 14.0. The van der Waals surface area contributed by atoms with Crippen LogP contribution in [0.1, 0.15) is 31.2 Å². The quantitative estimate of drug-likeness (QED) is 0.184. The number of halogens is 1. The molecule has 0 fully saturated rings. The lowest BCUT2D eigenvalue weighted by molar-refractivity contribution is -0.140. The number of carbonyl (C=O) groups excluding carboxylic acids is 1. The number of methoxy groups -OCH3 is 1. The molecule has 0 spiro atoms. The maximum absolute atomic E-state index is 11.0. The Morgan fingerprint density at radius 2 is 1.76 bits per heavy atom. The van der Waals surface area contributed by atoms with E-state index in [2.05, 4.69) is 27.3 Å². The topological polar surface area (TPSA) is 72.0 Å². The van der Waals surface area contributed by atoms with Gasteiger partial charge in [-0.25, -0.2) is 0 Å². The summed E-state index contributed by atoms with van der Waals surface area (Å²) in [5.74, 6) is 1.49. The van der Waals surface area contributed by atoms with Gasteiger partial charge in [-0.3, -0.25) is 9.79 Å². The van der Waals surface area contributed by atoms with Crippen LogP contribution in [-0.4, -0.2) is 45.8 Å². The predicted molar refractivity (Wildman–Crippen MR) is 112 cm³/mol. The minimum absolute atomic E-state index is 0. The van der Waals surface area contributed by atoms with Crippen molar-refractivity contribution in [3.05, 3.63) is 29.8 Å². The number of unbranched alkanes of at least 4 members (excludes halogenated alkanes) is 2. The maximum Gasteiger partial charge on any atom is 0.305 e. The van der Waals surface area contributed by atoms with Crippen LogP contribution in [0.15, 0.2) is 29.3 Å². The highest BCUT2D eigenvalue weighted by Gasteiger charge is 2.00. The van der Waals surface area contributed by atoms with Gasteiger partial charge in [-0.2, -0.15) is 0 Å². The van der Waals surface area contributed by atoms with Crippen molar-refractivity contribution in [2.24, 2.45) is 4.99 Å². The van der Waals surface area contributed by atoms with E-state index in [1.165, 1.54) is 12.7 Å². The number of esters is 1. The van der Waals surface area contributed by atoms with E-state index in [9.17, 15) is 4.79 Å². The number of carbonyl (C=O) groups is 1. The molecule has 0 aliphatic carbocycles. The zero-order chi connectivity index (χ0) is 17.6. The largest absolute Gasteiger partial charge is 0.492 e. The van der Waals surface area contributed by atoms with Gasteiger partial charge in [0.1, 0.15) is 12.4 Å². The third kappa shape index (κ3) is 11.6. The first-order chi connectivity index (χ1) is 11.7. The zero-order valence-electron chi connectivity index (χ0n) is 15.3. The van der Waals surface area contributed by atoms with Gasteiger partial charge in [0.25, 0.3) is 0 Å². The number of guanidine groups is 1. The molecule has 1 aromatic carbocycles. The Balaban J connectivity index is 0.00000576. The number of nitrogens with one attached hydrogen (secondary N) is 2. The van der Waals surface area contributed by atoms with Gasteiger partial charge in [-0.1, -0.05) is 24.1 Å². The Bertz CT molecular complexity index is 507. The van der Waals surface area contributed by atoms with Crippen LogP contribution in [0.5, 0.6) is 5.75 Å². The van der Waals surface area contributed by atoms with Crippen molar-refractivity contribution in [1.29, 1.82) is 0 Å². The van der Waals surface area contributed by atoms with Crippen LogP contribution < -0.4 is 15.4 Å². The number of aryl methyl sites for hydroxylation is 1. The average molecular weight is 463 g/mol. The second-order valence-corrected chi connectivity index (χ2v) is 5.47. The van der Waals surface area contributed by atoms with Crippen LogP contribution in [-0.2, 0) is 9.53 Å². The standard InChI is InChI=1S/C18H29N3O3.HI/c1-15-8-10-16(11-9-15)24-14-13-21-18(19-2)20-12-6-4-5-7-17(22)23-3;/h8-11H,4-7,12-14H2,1-3H3,(H2,19,20,21);1H. The molecule has 0 aliphatic heterocycles. The Morgan fingerprint density at radius 1 is 1.08 bits per heavy atom. The Labute approximate surface area is 167 Å². The van der Waals surface area contributed by atoms with Crippen LogP contribution >= 0.6 is 24.0 Å². The normalized spacial score (nSPS) is 10.6. The smallest absolute Gasteiger partial charge is 0.305 e. The fraction of sp³-hybridized carbons (Fsp3) is 0.556. The molecule has 7 heteroatoms. The SMILES string of the molecule is CN=C(NCCCCCC(=O)OC)NCCOc1ccc(C)cc1.I. The van der Waals surface area contributed by atoms with Crippen molar-refractivity contribution in [1.82, 2.24) is 10.6 Å². The van der Waals surface area contributed by atoms with Crippen LogP contribution in [0.3, 0.4) is 0 Å². The van der Waals surface area contributed by atoms with E-state index in [1.54, 1.807) is 7.05 Å². The van der Waals surface area contributed by atoms with Gasteiger partial charge >= 0.3 is 5.97 Å². The predicted octanol–water partition coefficient (Wildman–Crippen LogP) is 2.89. The summed E-state index contributed by atoms with van der Waals surface area (Å²) in [4.78, 5) is 15.2. The first-order valence-electron chi connectivity index (χ1n) is 8.36. The molecule has 0 bridgehead atoms. The molecule has 0 radical (unpaired) electrons. The van der Waals surface area contributed by atoms with Gasteiger partial charge in [0.15, 0.2) is 5.96 Å². The zero-order valence-corrected chi connectivity index (χ0v) is 17.7. The van der Waals surface area contributed by atoms with Gasteiger partial charge in [-0.05, 0) is 31.9 Å². The van der Waals surface area contributed by atoms with E-state index < -0.39 is 0 Å². The highest BCUT2D eigenvalue weighted by atomic mass is 127. The Kier molecular flexibility index (Phi) is 13.9. The van der Waals surface area contributed by atoms with Gasteiger partial charge in [0, 0.05) is 20.0 Å². The number of nitrogens with zero attached hydrogens (tertiary/aromatic N) is 1. The van der Waals surface area contributed by atoms with E-state index in [0.717, 1.165) is 37.5 Å². The van der Waals surface area contributed by atoms with Gasteiger partial charge in [0.05, 0.1) is 13.7 Å².